The molecule has 2 amide bonds. The largest absolute Gasteiger partial charge is 0.474 e. The maximum Gasteiger partial charge on any atom is 0.407 e. The molecule has 0 bridgehead atoms. The molecule has 0 unspecified atom stereocenters. The van der Waals surface area contributed by atoms with Crippen molar-refractivity contribution in [2.24, 2.45) is 0 Å². The first-order valence-electron chi connectivity index (χ1n) is 9.40. The summed E-state index contributed by atoms with van der Waals surface area (Å²) in [4.78, 5) is 30.0. The van der Waals surface area contributed by atoms with Gasteiger partial charge in [0.05, 0.1) is 13.1 Å². The second-order valence-electron chi connectivity index (χ2n) is 7.30. The van der Waals surface area contributed by atoms with Gasteiger partial charge in [-0.2, -0.15) is 0 Å². The second kappa shape index (κ2) is 8.38. The van der Waals surface area contributed by atoms with Crippen LogP contribution < -0.4 is 10.1 Å². The van der Waals surface area contributed by atoms with E-state index in [-0.39, 0.29) is 24.2 Å². The maximum absolute atomic E-state index is 12.6. The third-order valence-electron chi connectivity index (χ3n) is 4.64. The predicted molar refractivity (Wildman–Crippen MR) is 96.2 cm³/mol. The number of rotatable bonds is 5. The summed E-state index contributed by atoms with van der Waals surface area (Å²) in [5.74, 6) is 0.414. The van der Waals surface area contributed by atoms with Crippen LogP contribution in [0.3, 0.4) is 0 Å². The summed E-state index contributed by atoms with van der Waals surface area (Å²) in [6.07, 6.45) is 6.83. The minimum atomic E-state index is -0.441. The topological polar surface area (TPSA) is 80.8 Å². The fourth-order valence-corrected chi connectivity index (χ4v) is 3.24. The highest BCUT2D eigenvalue weighted by atomic mass is 16.6. The van der Waals surface area contributed by atoms with Crippen LogP contribution in [0.1, 0.15) is 56.3 Å². The minimum Gasteiger partial charge on any atom is -0.474 e. The molecule has 1 aromatic heterocycles. The lowest BCUT2D eigenvalue weighted by molar-refractivity contribution is -0.00703. The summed E-state index contributed by atoms with van der Waals surface area (Å²) >= 11 is 0. The Morgan fingerprint density at radius 1 is 1.19 bits per heavy atom. The molecule has 26 heavy (non-hydrogen) atoms. The lowest BCUT2D eigenvalue weighted by Gasteiger charge is -2.38. The number of amides is 2. The molecule has 7 heteroatoms. The van der Waals surface area contributed by atoms with Gasteiger partial charge in [0, 0.05) is 23.9 Å². The first-order chi connectivity index (χ1) is 12.5. The highest BCUT2D eigenvalue weighted by molar-refractivity contribution is 5.95. The van der Waals surface area contributed by atoms with Gasteiger partial charge in [-0.25, -0.2) is 9.78 Å². The number of alkyl carbamates (subject to hydrolysis) is 1. The van der Waals surface area contributed by atoms with Crippen molar-refractivity contribution in [3.8, 4) is 5.88 Å². The number of hydrogen-bond acceptors (Lipinski definition) is 5. The van der Waals surface area contributed by atoms with Crippen molar-refractivity contribution < 1.29 is 19.1 Å². The fourth-order valence-electron chi connectivity index (χ4n) is 3.24. The van der Waals surface area contributed by atoms with E-state index < -0.39 is 6.09 Å². The zero-order chi connectivity index (χ0) is 18.5. The third-order valence-corrected chi connectivity index (χ3v) is 4.64. The van der Waals surface area contributed by atoms with Crippen LogP contribution in [-0.2, 0) is 4.74 Å². The van der Waals surface area contributed by atoms with E-state index in [1.165, 1.54) is 19.3 Å². The van der Waals surface area contributed by atoms with Gasteiger partial charge in [-0.05, 0) is 45.6 Å². The fraction of sp³-hybridized carbons (Fsp3) is 0.632. The number of ether oxygens (including phenoxy) is 2. The SMILES string of the molecule is CC(C)NC(=O)OC1CN(C(=O)c2ccnc(OC3CCCCC3)c2)C1. The van der Waals surface area contributed by atoms with Crippen molar-refractivity contribution in [1.29, 1.82) is 0 Å². The lowest BCUT2D eigenvalue weighted by Crippen LogP contribution is -2.56. The molecule has 142 valence electrons. The van der Waals surface area contributed by atoms with Crippen molar-refractivity contribution in [2.75, 3.05) is 13.1 Å². The number of nitrogens with zero attached hydrogens (tertiary/aromatic N) is 2. The Balaban J connectivity index is 1.49. The summed E-state index contributed by atoms with van der Waals surface area (Å²) in [5.41, 5.74) is 0.552. The lowest BCUT2D eigenvalue weighted by atomic mass is 9.98. The van der Waals surface area contributed by atoms with E-state index in [9.17, 15) is 9.59 Å². The molecule has 1 aliphatic carbocycles. The number of likely N-dealkylation sites (tertiary alicyclic amines) is 1. The van der Waals surface area contributed by atoms with Gasteiger partial charge in [0.15, 0.2) is 0 Å². The van der Waals surface area contributed by atoms with Gasteiger partial charge >= 0.3 is 6.09 Å². The molecule has 1 saturated carbocycles. The maximum atomic E-state index is 12.6. The van der Waals surface area contributed by atoms with E-state index in [1.54, 1.807) is 23.2 Å². The van der Waals surface area contributed by atoms with Crippen LogP contribution in [0.15, 0.2) is 18.3 Å². The minimum absolute atomic E-state index is 0.0275. The highest BCUT2D eigenvalue weighted by Crippen LogP contribution is 2.23. The van der Waals surface area contributed by atoms with Crippen LogP contribution in [0.4, 0.5) is 4.79 Å². The molecule has 0 spiro atoms. The number of carbonyl (C=O) groups excluding carboxylic acids is 2. The van der Waals surface area contributed by atoms with Crippen LogP contribution in [0.2, 0.25) is 0 Å². The molecule has 2 heterocycles. The molecular formula is C19H27N3O4. The summed E-state index contributed by atoms with van der Waals surface area (Å²) in [6, 6.07) is 3.42. The molecule has 1 saturated heterocycles. The van der Waals surface area contributed by atoms with Gasteiger partial charge in [-0.15, -0.1) is 0 Å². The Kier molecular flexibility index (Phi) is 5.96. The Bertz CT molecular complexity index is 637. The van der Waals surface area contributed by atoms with Crippen LogP contribution in [0.25, 0.3) is 0 Å². The Morgan fingerprint density at radius 3 is 2.62 bits per heavy atom. The van der Waals surface area contributed by atoms with Crippen LogP contribution in [0, 0.1) is 0 Å². The van der Waals surface area contributed by atoms with Crippen molar-refractivity contribution in [3.63, 3.8) is 0 Å². The summed E-state index contributed by atoms with van der Waals surface area (Å²) in [6.45, 7) is 4.56. The Morgan fingerprint density at radius 2 is 1.92 bits per heavy atom. The molecule has 0 radical (unpaired) electrons. The normalized spacial score (nSPS) is 18.3. The molecule has 2 aliphatic rings. The quantitative estimate of drug-likeness (QED) is 0.872. The summed E-state index contributed by atoms with van der Waals surface area (Å²) < 4.78 is 11.2. The second-order valence-corrected chi connectivity index (χ2v) is 7.30. The zero-order valence-electron chi connectivity index (χ0n) is 15.4. The van der Waals surface area contributed by atoms with Crippen molar-refractivity contribution in [3.05, 3.63) is 23.9 Å². The molecule has 1 aromatic rings. The van der Waals surface area contributed by atoms with Crippen molar-refractivity contribution in [1.82, 2.24) is 15.2 Å². The monoisotopic (exact) mass is 361 g/mol. The van der Waals surface area contributed by atoms with E-state index in [0.717, 1.165) is 12.8 Å². The number of hydrogen-bond donors (Lipinski definition) is 1. The molecule has 1 N–H and O–H groups in total. The van der Waals surface area contributed by atoms with E-state index in [2.05, 4.69) is 10.3 Å². The molecule has 1 aliphatic heterocycles. The average Bonchev–Trinajstić information content (AvgIpc) is 2.58. The average molecular weight is 361 g/mol. The third kappa shape index (κ3) is 4.86. The smallest absolute Gasteiger partial charge is 0.407 e. The van der Waals surface area contributed by atoms with E-state index in [4.69, 9.17) is 9.47 Å². The van der Waals surface area contributed by atoms with Crippen LogP contribution in [0.5, 0.6) is 5.88 Å². The predicted octanol–water partition coefficient (Wildman–Crippen LogP) is 2.75. The van der Waals surface area contributed by atoms with Gasteiger partial charge in [0.25, 0.3) is 5.91 Å². The van der Waals surface area contributed by atoms with Crippen molar-refractivity contribution >= 4 is 12.0 Å². The van der Waals surface area contributed by atoms with Crippen molar-refractivity contribution in [2.45, 2.75) is 64.2 Å². The standard InChI is InChI=1S/C19H27N3O4/c1-13(2)21-19(24)26-16-11-22(12-16)18(23)14-8-9-20-17(10-14)25-15-6-4-3-5-7-15/h8-10,13,15-16H,3-7,11-12H2,1-2H3,(H,21,24). The van der Waals surface area contributed by atoms with Gasteiger partial charge in [0.2, 0.25) is 5.88 Å². The molecule has 2 fully saturated rings. The van der Waals surface area contributed by atoms with Gasteiger partial charge in [-0.3, -0.25) is 4.79 Å². The van der Waals surface area contributed by atoms with E-state index in [0.29, 0.717) is 24.5 Å². The molecular weight excluding hydrogens is 334 g/mol. The number of carbonyl (C=O) groups is 2. The Hall–Kier alpha value is -2.31. The Labute approximate surface area is 154 Å². The first kappa shape index (κ1) is 18.5. The van der Waals surface area contributed by atoms with Gasteiger partial charge < -0.3 is 19.7 Å². The molecule has 7 nitrogen and oxygen atoms in total. The molecule has 0 atom stereocenters. The number of nitrogens with one attached hydrogen (secondary N) is 1. The first-order valence-corrected chi connectivity index (χ1v) is 9.40. The zero-order valence-corrected chi connectivity index (χ0v) is 15.4. The number of aromatic nitrogens is 1. The summed E-state index contributed by atoms with van der Waals surface area (Å²) in [7, 11) is 0. The van der Waals surface area contributed by atoms with Crippen LogP contribution >= 0.6 is 0 Å². The highest BCUT2D eigenvalue weighted by Gasteiger charge is 2.34. The van der Waals surface area contributed by atoms with Crippen LogP contribution in [-0.4, -0.2) is 53.2 Å². The van der Waals surface area contributed by atoms with Gasteiger partial charge in [0.1, 0.15) is 12.2 Å². The van der Waals surface area contributed by atoms with Gasteiger partial charge in [-0.1, -0.05) is 6.42 Å². The van der Waals surface area contributed by atoms with E-state index in [1.807, 2.05) is 13.8 Å². The van der Waals surface area contributed by atoms with E-state index >= 15 is 0 Å². The summed E-state index contributed by atoms with van der Waals surface area (Å²) in [5, 5.41) is 2.67. The number of pyridine rings is 1. The molecule has 3 rings (SSSR count). The molecule has 0 aromatic carbocycles.